The van der Waals surface area contributed by atoms with Gasteiger partial charge in [0, 0.05) is 12.3 Å². The van der Waals surface area contributed by atoms with Crippen molar-refractivity contribution in [3.05, 3.63) is 46.2 Å². The number of hydrazine groups is 1. The molecule has 0 aliphatic heterocycles. The molecule has 0 saturated carbocycles. The molecule has 0 radical (unpaired) electrons. The van der Waals surface area contributed by atoms with Gasteiger partial charge in [-0.3, -0.25) is 10.2 Å². The normalized spacial score (nSPS) is 10.3. The Kier molecular flexibility index (Phi) is 4.26. The zero-order chi connectivity index (χ0) is 13.8. The molecule has 0 atom stereocenters. The first-order chi connectivity index (χ1) is 9.10. The molecule has 1 heterocycles. The predicted octanol–water partition coefficient (Wildman–Crippen LogP) is 1.83. The molecule has 100 valence electrons. The van der Waals surface area contributed by atoms with E-state index in [9.17, 15) is 4.79 Å². The number of nitrogens with one attached hydrogen (secondary N) is 1. The number of rotatable bonds is 4. The van der Waals surface area contributed by atoms with Crippen LogP contribution in [0.25, 0.3) is 0 Å². The molecule has 2 rings (SSSR count). The van der Waals surface area contributed by atoms with Crippen molar-refractivity contribution in [3.63, 3.8) is 0 Å². The van der Waals surface area contributed by atoms with E-state index in [1.807, 2.05) is 5.43 Å². The quantitative estimate of drug-likeness (QED) is 0.513. The van der Waals surface area contributed by atoms with E-state index in [0.717, 1.165) is 0 Å². The lowest BCUT2D eigenvalue weighted by Gasteiger charge is -2.07. The molecule has 0 aliphatic carbocycles. The third kappa shape index (κ3) is 3.37. The summed E-state index contributed by atoms with van der Waals surface area (Å²) in [7, 11) is 0. The van der Waals surface area contributed by atoms with Crippen LogP contribution in [0.3, 0.4) is 0 Å². The number of nitrogens with two attached hydrogens (primary N) is 1. The Hall–Kier alpha value is -1.76. The van der Waals surface area contributed by atoms with Crippen molar-refractivity contribution in [2.24, 2.45) is 5.84 Å². The second-order valence-corrected chi connectivity index (χ2v) is 4.38. The van der Waals surface area contributed by atoms with Gasteiger partial charge in [-0.05, 0) is 18.2 Å². The Morgan fingerprint density at radius 3 is 2.84 bits per heavy atom. The first-order valence-electron chi connectivity index (χ1n) is 5.22. The van der Waals surface area contributed by atoms with Crippen molar-refractivity contribution in [2.45, 2.75) is 6.73 Å². The lowest BCUT2D eigenvalue weighted by molar-refractivity contribution is 0.0946. The van der Waals surface area contributed by atoms with Crippen LogP contribution in [0.2, 0.25) is 10.0 Å². The number of hydrogen-bond donors (Lipinski definition) is 2. The SMILES string of the molecule is NNC(=O)c1ccn(COc2ccc(Cl)c(Cl)c2)n1. The molecule has 0 spiro atoms. The lowest BCUT2D eigenvalue weighted by atomic mass is 10.3. The molecule has 1 amide bonds. The van der Waals surface area contributed by atoms with E-state index in [1.165, 1.54) is 10.7 Å². The first-order valence-corrected chi connectivity index (χ1v) is 5.98. The van der Waals surface area contributed by atoms with E-state index < -0.39 is 5.91 Å². The number of carbonyl (C=O) groups excluding carboxylic acids is 1. The zero-order valence-electron chi connectivity index (χ0n) is 9.64. The molecule has 0 bridgehead atoms. The van der Waals surface area contributed by atoms with Crippen LogP contribution in [-0.4, -0.2) is 15.7 Å². The molecule has 0 fully saturated rings. The summed E-state index contributed by atoms with van der Waals surface area (Å²) in [4.78, 5) is 11.2. The van der Waals surface area contributed by atoms with Crippen LogP contribution in [0, 0.1) is 0 Å². The van der Waals surface area contributed by atoms with Gasteiger partial charge in [-0.1, -0.05) is 23.2 Å². The first kappa shape index (κ1) is 13.7. The Balaban J connectivity index is 2.00. The van der Waals surface area contributed by atoms with Crippen molar-refractivity contribution in [1.82, 2.24) is 15.2 Å². The summed E-state index contributed by atoms with van der Waals surface area (Å²) < 4.78 is 6.90. The molecular formula is C11H10Cl2N4O2. The lowest BCUT2D eigenvalue weighted by Crippen LogP contribution is -2.30. The molecule has 0 unspecified atom stereocenters. The average molecular weight is 301 g/mol. The summed E-state index contributed by atoms with van der Waals surface area (Å²) in [6.07, 6.45) is 1.60. The monoisotopic (exact) mass is 300 g/mol. The van der Waals surface area contributed by atoms with E-state index in [-0.39, 0.29) is 12.4 Å². The molecule has 1 aromatic carbocycles. The maximum absolute atomic E-state index is 11.2. The summed E-state index contributed by atoms with van der Waals surface area (Å²) in [5, 5.41) is 4.84. The number of hydrogen-bond acceptors (Lipinski definition) is 4. The van der Waals surface area contributed by atoms with E-state index in [1.54, 1.807) is 24.4 Å². The maximum Gasteiger partial charge on any atom is 0.285 e. The van der Waals surface area contributed by atoms with Crippen LogP contribution in [-0.2, 0) is 6.73 Å². The van der Waals surface area contributed by atoms with Crippen molar-refractivity contribution in [1.29, 1.82) is 0 Å². The molecule has 6 nitrogen and oxygen atoms in total. The zero-order valence-corrected chi connectivity index (χ0v) is 11.1. The van der Waals surface area contributed by atoms with Crippen LogP contribution >= 0.6 is 23.2 Å². The molecular weight excluding hydrogens is 291 g/mol. The van der Waals surface area contributed by atoms with Gasteiger partial charge in [0.2, 0.25) is 0 Å². The van der Waals surface area contributed by atoms with Crippen LogP contribution in [0.15, 0.2) is 30.5 Å². The highest BCUT2D eigenvalue weighted by Crippen LogP contribution is 2.26. The highest BCUT2D eigenvalue weighted by Gasteiger charge is 2.07. The fraction of sp³-hybridized carbons (Fsp3) is 0.0909. The number of ether oxygens (including phenoxy) is 1. The minimum atomic E-state index is -0.465. The number of nitrogens with zero attached hydrogens (tertiary/aromatic N) is 2. The Morgan fingerprint density at radius 2 is 2.16 bits per heavy atom. The Morgan fingerprint density at radius 1 is 1.37 bits per heavy atom. The smallest absolute Gasteiger partial charge is 0.285 e. The third-order valence-corrected chi connectivity index (χ3v) is 3.00. The van der Waals surface area contributed by atoms with Gasteiger partial charge in [-0.25, -0.2) is 10.5 Å². The highest BCUT2D eigenvalue weighted by atomic mass is 35.5. The standard InChI is InChI=1S/C11H10Cl2N4O2/c12-8-2-1-7(5-9(8)13)19-6-17-4-3-10(16-17)11(18)15-14/h1-5H,6,14H2,(H,15,18). The average Bonchev–Trinajstić information content (AvgIpc) is 2.88. The minimum Gasteiger partial charge on any atom is -0.471 e. The van der Waals surface area contributed by atoms with E-state index >= 15 is 0 Å². The van der Waals surface area contributed by atoms with Gasteiger partial charge in [0.25, 0.3) is 5.91 Å². The Labute approximate surface area is 119 Å². The minimum absolute atomic E-state index is 0.135. The van der Waals surface area contributed by atoms with Gasteiger partial charge >= 0.3 is 0 Å². The summed E-state index contributed by atoms with van der Waals surface area (Å²) in [5.41, 5.74) is 2.20. The number of carbonyl (C=O) groups is 1. The van der Waals surface area contributed by atoms with Crippen LogP contribution in [0.1, 0.15) is 10.5 Å². The molecule has 8 heteroatoms. The number of nitrogen functional groups attached to an aromatic ring is 1. The summed E-state index contributed by atoms with van der Waals surface area (Å²) in [5.74, 6) is 5.09. The fourth-order valence-electron chi connectivity index (χ4n) is 1.34. The van der Waals surface area contributed by atoms with Crippen molar-refractivity contribution < 1.29 is 9.53 Å². The van der Waals surface area contributed by atoms with Crippen LogP contribution < -0.4 is 16.0 Å². The van der Waals surface area contributed by atoms with Gasteiger partial charge in [0.1, 0.15) is 5.75 Å². The number of halogens is 2. The fourth-order valence-corrected chi connectivity index (χ4v) is 1.62. The van der Waals surface area contributed by atoms with E-state index in [0.29, 0.717) is 15.8 Å². The molecule has 3 N–H and O–H groups in total. The van der Waals surface area contributed by atoms with Crippen LogP contribution in [0.4, 0.5) is 0 Å². The van der Waals surface area contributed by atoms with Crippen molar-refractivity contribution >= 4 is 29.1 Å². The summed E-state index contributed by atoms with van der Waals surface area (Å²) in [6.45, 7) is 0.135. The molecule has 0 aliphatic rings. The van der Waals surface area contributed by atoms with Crippen LogP contribution in [0.5, 0.6) is 5.75 Å². The number of amides is 1. The van der Waals surface area contributed by atoms with Crippen molar-refractivity contribution in [2.75, 3.05) is 0 Å². The van der Waals surface area contributed by atoms with E-state index in [2.05, 4.69) is 5.10 Å². The number of benzene rings is 1. The van der Waals surface area contributed by atoms with E-state index in [4.69, 9.17) is 33.8 Å². The highest BCUT2D eigenvalue weighted by molar-refractivity contribution is 6.42. The Bertz CT molecular complexity index is 600. The largest absolute Gasteiger partial charge is 0.471 e. The topological polar surface area (TPSA) is 82.2 Å². The molecule has 2 aromatic rings. The van der Waals surface area contributed by atoms with Gasteiger partial charge in [0.05, 0.1) is 10.0 Å². The maximum atomic E-state index is 11.2. The second-order valence-electron chi connectivity index (χ2n) is 3.56. The predicted molar refractivity (Wildman–Crippen MR) is 71.0 cm³/mol. The third-order valence-electron chi connectivity index (χ3n) is 2.26. The number of aromatic nitrogens is 2. The van der Waals surface area contributed by atoms with Gasteiger partial charge < -0.3 is 4.74 Å². The van der Waals surface area contributed by atoms with Gasteiger partial charge in [0.15, 0.2) is 12.4 Å². The van der Waals surface area contributed by atoms with Crippen molar-refractivity contribution in [3.8, 4) is 5.75 Å². The molecule has 19 heavy (non-hydrogen) atoms. The molecule has 0 saturated heterocycles. The van der Waals surface area contributed by atoms with Gasteiger partial charge in [-0.2, -0.15) is 5.10 Å². The summed E-state index contributed by atoms with van der Waals surface area (Å²) >= 11 is 11.6. The second kappa shape index (κ2) is 5.92. The van der Waals surface area contributed by atoms with Gasteiger partial charge in [-0.15, -0.1) is 0 Å². The molecule has 1 aromatic heterocycles. The summed E-state index contributed by atoms with van der Waals surface area (Å²) in [6, 6.07) is 6.45.